The van der Waals surface area contributed by atoms with Gasteiger partial charge in [0.15, 0.2) is 5.13 Å². The number of hydrogen-bond acceptors (Lipinski definition) is 4. The van der Waals surface area contributed by atoms with Crippen LogP contribution in [0.15, 0.2) is 5.38 Å². The summed E-state index contributed by atoms with van der Waals surface area (Å²) in [6.45, 7) is 7.62. The molecule has 1 saturated heterocycles. The van der Waals surface area contributed by atoms with E-state index in [1.54, 1.807) is 11.3 Å². The summed E-state index contributed by atoms with van der Waals surface area (Å²) in [6.07, 6.45) is 1.19. The van der Waals surface area contributed by atoms with Gasteiger partial charge in [-0.1, -0.05) is 6.92 Å². The maximum absolute atomic E-state index is 4.55. The van der Waals surface area contributed by atoms with Gasteiger partial charge in [-0.05, 0) is 13.3 Å². The van der Waals surface area contributed by atoms with Crippen molar-refractivity contribution >= 4 is 16.5 Å². The smallest absolute Gasteiger partial charge is 0.185 e. The average molecular weight is 211 g/mol. The summed E-state index contributed by atoms with van der Waals surface area (Å²) < 4.78 is 0. The first-order valence-corrected chi connectivity index (χ1v) is 6.08. The molecule has 0 aliphatic carbocycles. The summed E-state index contributed by atoms with van der Waals surface area (Å²) in [4.78, 5) is 6.99. The second-order valence-electron chi connectivity index (χ2n) is 3.78. The van der Waals surface area contributed by atoms with Crippen molar-refractivity contribution in [1.82, 2.24) is 10.3 Å². The first-order valence-electron chi connectivity index (χ1n) is 5.20. The molecule has 1 aliphatic heterocycles. The van der Waals surface area contributed by atoms with Crippen molar-refractivity contribution < 1.29 is 0 Å². The van der Waals surface area contributed by atoms with Gasteiger partial charge in [-0.25, -0.2) is 4.98 Å². The molecule has 1 N–H and O–H groups in total. The Kier molecular flexibility index (Phi) is 3.03. The number of anilines is 1. The fraction of sp³-hybridized carbons (Fsp3) is 0.700. The highest BCUT2D eigenvalue weighted by Crippen LogP contribution is 2.23. The van der Waals surface area contributed by atoms with Crippen LogP contribution >= 0.6 is 11.3 Å². The molecule has 0 saturated carbocycles. The lowest BCUT2D eigenvalue weighted by molar-refractivity contribution is 0.412. The quantitative estimate of drug-likeness (QED) is 0.820. The van der Waals surface area contributed by atoms with E-state index in [4.69, 9.17) is 0 Å². The molecule has 2 heterocycles. The lowest BCUT2D eigenvalue weighted by Crippen LogP contribution is -2.57. The number of thiazole rings is 1. The third-order valence-corrected chi connectivity index (χ3v) is 3.51. The number of aromatic nitrogens is 1. The number of hydrogen-bond donors (Lipinski definition) is 1. The second kappa shape index (κ2) is 4.28. The van der Waals surface area contributed by atoms with Crippen LogP contribution in [0.1, 0.15) is 19.0 Å². The Labute approximate surface area is 89.1 Å². The molecule has 0 aromatic carbocycles. The monoisotopic (exact) mass is 211 g/mol. The Morgan fingerprint density at radius 2 is 2.43 bits per heavy atom. The fourth-order valence-corrected chi connectivity index (χ4v) is 2.54. The Balaban J connectivity index is 2.09. The first-order chi connectivity index (χ1) is 6.81. The highest BCUT2D eigenvalue weighted by Gasteiger charge is 2.25. The van der Waals surface area contributed by atoms with E-state index < -0.39 is 0 Å². The Morgan fingerprint density at radius 1 is 1.64 bits per heavy atom. The zero-order valence-corrected chi connectivity index (χ0v) is 9.60. The van der Waals surface area contributed by atoms with Crippen LogP contribution in [0.2, 0.25) is 0 Å². The molecule has 3 nitrogen and oxygen atoms in total. The third-order valence-electron chi connectivity index (χ3n) is 2.52. The predicted molar refractivity (Wildman–Crippen MR) is 61.1 cm³/mol. The summed E-state index contributed by atoms with van der Waals surface area (Å²) in [5.41, 5.74) is 1.14. The molecule has 0 bridgehead atoms. The zero-order valence-electron chi connectivity index (χ0n) is 8.79. The average Bonchev–Trinajstić information content (AvgIpc) is 2.48. The van der Waals surface area contributed by atoms with E-state index in [1.165, 1.54) is 11.6 Å². The maximum atomic E-state index is 4.55. The molecule has 14 heavy (non-hydrogen) atoms. The van der Waals surface area contributed by atoms with Gasteiger partial charge in [0.05, 0.1) is 11.7 Å². The van der Waals surface area contributed by atoms with Crippen LogP contribution in [-0.4, -0.2) is 30.7 Å². The Bertz CT molecular complexity index is 293. The summed E-state index contributed by atoms with van der Waals surface area (Å²) in [6, 6.07) is 0.667. The third kappa shape index (κ3) is 1.91. The SMILES string of the molecule is CCCN(c1nc(C)cs1)C1CNC1. The summed E-state index contributed by atoms with van der Waals surface area (Å²) in [5, 5.41) is 6.63. The van der Waals surface area contributed by atoms with Crippen LogP contribution in [0.4, 0.5) is 5.13 Å². The molecule has 0 unspecified atom stereocenters. The van der Waals surface area contributed by atoms with Gasteiger partial charge in [0, 0.05) is 25.0 Å². The topological polar surface area (TPSA) is 28.2 Å². The maximum Gasteiger partial charge on any atom is 0.185 e. The minimum absolute atomic E-state index is 0.667. The molecule has 0 spiro atoms. The molecule has 1 aromatic rings. The van der Waals surface area contributed by atoms with E-state index >= 15 is 0 Å². The van der Waals surface area contributed by atoms with E-state index in [-0.39, 0.29) is 0 Å². The van der Waals surface area contributed by atoms with Crippen molar-refractivity contribution in [2.45, 2.75) is 26.3 Å². The molecule has 1 aromatic heterocycles. The van der Waals surface area contributed by atoms with Gasteiger partial charge in [0.1, 0.15) is 0 Å². The fourth-order valence-electron chi connectivity index (χ4n) is 1.64. The minimum atomic E-state index is 0.667. The second-order valence-corrected chi connectivity index (χ2v) is 4.61. The minimum Gasteiger partial charge on any atom is -0.343 e. The van der Waals surface area contributed by atoms with Gasteiger partial charge in [0.25, 0.3) is 0 Å². The molecule has 0 amide bonds. The number of aryl methyl sites for hydroxylation is 1. The van der Waals surface area contributed by atoms with Crippen LogP contribution in [0.5, 0.6) is 0 Å². The van der Waals surface area contributed by atoms with Gasteiger partial charge in [-0.3, -0.25) is 0 Å². The Hall–Kier alpha value is -0.610. The van der Waals surface area contributed by atoms with Gasteiger partial charge in [-0.15, -0.1) is 11.3 Å². The lowest BCUT2D eigenvalue weighted by Gasteiger charge is -2.38. The van der Waals surface area contributed by atoms with Gasteiger partial charge < -0.3 is 10.2 Å². The van der Waals surface area contributed by atoms with Crippen molar-refractivity contribution in [1.29, 1.82) is 0 Å². The van der Waals surface area contributed by atoms with Crippen molar-refractivity contribution in [3.8, 4) is 0 Å². The highest BCUT2D eigenvalue weighted by atomic mass is 32.1. The van der Waals surface area contributed by atoms with Gasteiger partial charge >= 0.3 is 0 Å². The predicted octanol–water partition coefficient (Wildman–Crippen LogP) is 1.64. The van der Waals surface area contributed by atoms with Gasteiger partial charge in [0.2, 0.25) is 0 Å². The van der Waals surface area contributed by atoms with E-state index in [2.05, 4.69) is 34.4 Å². The largest absolute Gasteiger partial charge is 0.343 e. The summed E-state index contributed by atoms with van der Waals surface area (Å²) >= 11 is 1.76. The normalized spacial score (nSPS) is 16.7. The van der Waals surface area contributed by atoms with Crippen molar-refractivity contribution in [2.75, 3.05) is 24.5 Å². The molecule has 78 valence electrons. The zero-order chi connectivity index (χ0) is 9.97. The van der Waals surface area contributed by atoms with E-state index in [9.17, 15) is 0 Å². The number of rotatable bonds is 4. The number of nitrogens with one attached hydrogen (secondary N) is 1. The first kappa shape index (κ1) is 9.93. The molecule has 0 atom stereocenters. The van der Waals surface area contributed by atoms with E-state index in [1.807, 2.05) is 0 Å². The van der Waals surface area contributed by atoms with Crippen molar-refractivity contribution in [3.63, 3.8) is 0 Å². The lowest BCUT2D eigenvalue weighted by atomic mass is 10.1. The van der Waals surface area contributed by atoms with Crippen LogP contribution in [0, 0.1) is 6.92 Å². The van der Waals surface area contributed by atoms with Crippen molar-refractivity contribution in [2.24, 2.45) is 0 Å². The van der Waals surface area contributed by atoms with Crippen LogP contribution < -0.4 is 10.2 Å². The van der Waals surface area contributed by atoms with Gasteiger partial charge in [-0.2, -0.15) is 0 Å². The van der Waals surface area contributed by atoms with Crippen LogP contribution in [-0.2, 0) is 0 Å². The van der Waals surface area contributed by atoms with E-state index in [0.717, 1.165) is 25.3 Å². The highest BCUT2D eigenvalue weighted by molar-refractivity contribution is 7.13. The molecule has 2 rings (SSSR count). The van der Waals surface area contributed by atoms with Crippen molar-refractivity contribution in [3.05, 3.63) is 11.1 Å². The van der Waals surface area contributed by atoms with Crippen LogP contribution in [0.25, 0.3) is 0 Å². The Morgan fingerprint density at radius 3 is 2.86 bits per heavy atom. The van der Waals surface area contributed by atoms with Crippen LogP contribution in [0.3, 0.4) is 0 Å². The molecular weight excluding hydrogens is 194 g/mol. The van der Waals surface area contributed by atoms with E-state index in [0.29, 0.717) is 6.04 Å². The standard InChI is InChI=1S/C10H17N3S/c1-3-4-13(9-5-11-6-9)10-12-8(2)7-14-10/h7,9,11H,3-6H2,1-2H3. The molecular formula is C10H17N3S. The number of nitrogens with zero attached hydrogens (tertiary/aromatic N) is 2. The molecule has 1 aliphatic rings. The molecule has 0 radical (unpaired) electrons. The molecule has 1 fully saturated rings. The molecule has 4 heteroatoms. The summed E-state index contributed by atoms with van der Waals surface area (Å²) in [5.74, 6) is 0. The summed E-state index contributed by atoms with van der Waals surface area (Å²) in [7, 11) is 0.